The Morgan fingerprint density at radius 1 is 1.30 bits per heavy atom. The Kier molecular flexibility index (Phi) is 4.89. The van der Waals surface area contributed by atoms with Crippen molar-refractivity contribution < 1.29 is 19.1 Å². The zero-order valence-electron chi connectivity index (χ0n) is 14.8. The van der Waals surface area contributed by atoms with Crippen molar-refractivity contribution in [2.75, 3.05) is 20.2 Å². The molecule has 8 heteroatoms. The molecule has 1 unspecified atom stereocenters. The van der Waals surface area contributed by atoms with Gasteiger partial charge in [0.15, 0.2) is 0 Å². The third-order valence-corrected chi connectivity index (χ3v) is 5.60. The summed E-state index contributed by atoms with van der Waals surface area (Å²) in [6.07, 6.45) is 5.90. The first-order valence-electron chi connectivity index (χ1n) is 8.79. The van der Waals surface area contributed by atoms with Crippen molar-refractivity contribution in [3.05, 3.63) is 30.4 Å². The number of aliphatic imine (C=N–C) groups is 1. The molecule has 0 saturated carbocycles. The molecular weight excluding hydrogens is 366 g/mol. The van der Waals surface area contributed by atoms with E-state index in [4.69, 9.17) is 9.47 Å². The third-order valence-electron chi connectivity index (χ3n) is 4.69. The average Bonchev–Trinajstić information content (AvgIpc) is 3.10. The highest BCUT2D eigenvalue weighted by Gasteiger charge is 2.28. The van der Waals surface area contributed by atoms with Gasteiger partial charge in [-0.25, -0.2) is 9.98 Å². The topological polar surface area (TPSA) is 81.1 Å². The van der Waals surface area contributed by atoms with Gasteiger partial charge in [-0.15, -0.1) is 0 Å². The largest absolute Gasteiger partial charge is 0.497 e. The number of nitrogens with zero attached hydrogens (tertiary/aromatic N) is 3. The zero-order valence-corrected chi connectivity index (χ0v) is 15.6. The van der Waals surface area contributed by atoms with Crippen LogP contribution in [0.1, 0.15) is 12.8 Å². The van der Waals surface area contributed by atoms with E-state index in [1.165, 1.54) is 23.6 Å². The van der Waals surface area contributed by atoms with Crippen molar-refractivity contribution >= 4 is 39.6 Å². The summed E-state index contributed by atoms with van der Waals surface area (Å²) in [5, 5.41) is 0.642. The molecule has 2 aromatic rings. The standard InChI is InChI=1S/C19H19N3O4S/c1-25-14-3-4-15-16(10-14)27-19(21-15)26-13-6-8-22(9-7-13)18(24)12-2-5-17(23)20-11-12/h2-5,10-13H,6-9H2,1H3. The molecule has 0 radical (unpaired) electrons. The van der Waals surface area contributed by atoms with Crippen molar-refractivity contribution in [3.63, 3.8) is 0 Å². The number of ether oxygens (including phenoxy) is 2. The number of piperidine rings is 1. The molecule has 2 aliphatic heterocycles. The van der Waals surface area contributed by atoms with Gasteiger partial charge in [0.25, 0.3) is 11.1 Å². The van der Waals surface area contributed by atoms with Crippen molar-refractivity contribution in [1.29, 1.82) is 0 Å². The SMILES string of the molecule is COc1ccc2nc(OC3CCN(C(=O)C4C=CC(=O)N=C4)CC3)sc2c1. The summed E-state index contributed by atoms with van der Waals surface area (Å²) >= 11 is 1.50. The molecule has 0 N–H and O–H groups in total. The van der Waals surface area contributed by atoms with Crippen LogP contribution in [-0.2, 0) is 9.59 Å². The Bertz CT molecular complexity index is 912. The number of thiazole rings is 1. The summed E-state index contributed by atoms with van der Waals surface area (Å²) in [5.74, 6) is 0.0126. The summed E-state index contributed by atoms with van der Waals surface area (Å²) < 4.78 is 12.3. The second-order valence-electron chi connectivity index (χ2n) is 6.46. The van der Waals surface area contributed by atoms with Crippen LogP contribution in [0.25, 0.3) is 10.2 Å². The van der Waals surface area contributed by atoms with Crippen LogP contribution in [0.15, 0.2) is 35.3 Å². The van der Waals surface area contributed by atoms with Crippen LogP contribution in [-0.4, -0.2) is 54.2 Å². The molecule has 27 heavy (non-hydrogen) atoms. The number of amides is 2. The van der Waals surface area contributed by atoms with Crippen molar-refractivity contribution in [3.8, 4) is 10.9 Å². The fraction of sp³-hybridized carbons (Fsp3) is 0.368. The number of benzene rings is 1. The van der Waals surface area contributed by atoms with Gasteiger partial charge in [-0.3, -0.25) is 9.59 Å². The van der Waals surface area contributed by atoms with E-state index in [2.05, 4.69) is 9.98 Å². The maximum absolute atomic E-state index is 12.5. The minimum absolute atomic E-state index is 0.0203. The second kappa shape index (κ2) is 7.48. The number of aromatic nitrogens is 1. The molecule has 1 fully saturated rings. The minimum Gasteiger partial charge on any atom is -0.497 e. The van der Waals surface area contributed by atoms with Gasteiger partial charge in [0.1, 0.15) is 11.9 Å². The van der Waals surface area contributed by atoms with Gasteiger partial charge < -0.3 is 14.4 Å². The summed E-state index contributed by atoms with van der Waals surface area (Å²) in [7, 11) is 1.64. The Morgan fingerprint density at radius 3 is 2.81 bits per heavy atom. The summed E-state index contributed by atoms with van der Waals surface area (Å²) in [4.78, 5) is 33.6. The monoisotopic (exact) mass is 385 g/mol. The van der Waals surface area contributed by atoms with E-state index >= 15 is 0 Å². The van der Waals surface area contributed by atoms with Gasteiger partial charge in [0.2, 0.25) is 5.91 Å². The van der Waals surface area contributed by atoms with E-state index < -0.39 is 5.92 Å². The number of hydrogen-bond donors (Lipinski definition) is 0. The predicted molar refractivity (Wildman–Crippen MR) is 103 cm³/mol. The third kappa shape index (κ3) is 3.85. The maximum Gasteiger partial charge on any atom is 0.274 e. The highest BCUT2D eigenvalue weighted by Crippen LogP contribution is 2.32. The van der Waals surface area contributed by atoms with Crippen LogP contribution in [0.5, 0.6) is 10.9 Å². The lowest BCUT2D eigenvalue weighted by Crippen LogP contribution is -2.44. The molecule has 4 rings (SSSR count). The lowest BCUT2D eigenvalue weighted by Gasteiger charge is -2.32. The Morgan fingerprint density at radius 2 is 2.11 bits per heavy atom. The van der Waals surface area contributed by atoms with Gasteiger partial charge in [-0.05, 0) is 18.2 Å². The Balaban J connectivity index is 1.34. The molecule has 3 heterocycles. The lowest BCUT2D eigenvalue weighted by atomic mass is 10.0. The number of carbonyl (C=O) groups is 2. The van der Waals surface area contributed by atoms with Gasteiger partial charge in [0, 0.05) is 38.2 Å². The summed E-state index contributed by atoms with van der Waals surface area (Å²) in [5.41, 5.74) is 0.890. The fourth-order valence-electron chi connectivity index (χ4n) is 3.19. The molecule has 0 aliphatic carbocycles. The molecule has 0 bridgehead atoms. The summed E-state index contributed by atoms with van der Waals surface area (Å²) in [6, 6.07) is 5.75. The number of rotatable bonds is 4. The van der Waals surface area contributed by atoms with Gasteiger partial charge in [-0.1, -0.05) is 17.4 Å². The van der Waals surface area contributed by atoms with Crippen LogP contribution in [0.4, 0.5) is 0 Å². The molecule has 1 aromatic heterocycles. The van der Waals surface area contributed by atoms with E-state index in [0.29, 0.717) is 18.3 Å². The normalized spacial score (nSPS) is 20.3. The van der Waals surface area contributed by atoms with E-state index in [1.54, 1.807) is 18.1 Å². The van der Waals surface area contributed by atoms with Crippen LogP contribution >= 0.6 is 11.3 Å². The molecule has 2 aliphatic rings. The van der Waals surface area contributed by atoms with E-state index in [1.807, 2.05) is 18.2 Å². The maximum atomic E-state index is 12.5. The van der Waals surface area contributed by atoms with Gasteiger partial charge in [-0.2, -0.15) is 0 Å². The van der Waals surface area contributed by atoms with Crippen LogP contribution in [0.2, 0.25) is 0 Å². The first-order valence-corrected chi connectivity index (χ1v) is 9.60. The van der Waals surface area contributed by atoms with Crippen molar-refractivity contribution in [2.45, 2.75) is 18.9 Å². The minimum atomic E-state index is -0.445. The molecule has 1 saturated heterocycles. The molecular formula is C19H19N3O4S. The fourth-order valence-corrected chi connectivity index (χ4v) is 4.10. The first kappa shape index (κ1) is 17.7. The van der Waals surface area contributed by atoms with Crippen LogP contribution in [0, 0.1) is 5.92 Å². The van der Waals surface area contributed by atoms with E-state index in [0.717, 1.165) is 28.8 Å². The van der Waals surface area contributed by atoms with E-state index in [-0.39, 0.29) is 17.9 Å². The molecule has 0 spiro atoms. The number of fused-ring (bicyclic) bond motifs is 1. The van der Waals surface area contributed by atoms with Gasteiger partial charge in [0.05, 0.1) is 23.2 Å². The van der Waals surface area contributed by atoms with Crippen LogP contribution in [0.3, 0.4) is 0 Å². The quantitative estimate of drug-likeness (QED) is 0.808. The lowest BCUT2D eigenvalue weighted by molar-refractivity contribution is -0.133. The predicted octanol–water partition coefficient (Wildman–Crippen LogP) is 2.46. The van der Waals surface area contributed by atoms with Crippen molar-refractivity contribution in [1.82, 2.24) is 9.88 Å². The highest BCUT2D eigenvalue weighted by atomic mass is 32.1. The number of carbonyl (C=O) groups excluding carboxylic acids is 2. The molecule has 140 valence electrons. The smallest absolute Gasteiger partial charge is 0.274 e. The van der Waals surface area contributed by atoms with Crippen LogP contribution < -0.4 is 9.47 Å². The molecule has 7 nitrogen and oxygen atoms in total. The average molecular weight is 385 g/mol. The highest BCUT2D eigenvalue weighted by molar-refractivity contribution is 7.20. The number of methoxy groups -OCH3 is 1. The van der Waals surface area contributed by atoms with E-state index in [9.17, 15) is 9.59 Å². The second-order valence-corrected chi connectivity index (χ2v) is 7.45. The number of dihydropyridines is 1. The van der Waals surface area contributed by atoms with Crippen molar-refractivity contribution in [2.24, 2.45) is 10.9 Å². The first-order chi connectivity index (χ1) is 13.1. The molecule has 2 amide bonds. The molecule has 1 atom stereocenters. The number of hydrogen-bond acceptors (Lipinski definition) is 6. The van der Waals surface area contributed by atoms with Gasteiger partial charge >= 0.3 is 0 Å². The Labute approximate surface area is 160 Å². The number of likely N-dealkylation sites (tertiary alicyclic amines) is 1. The zero-order chi connectivity index (χ0) is 18.8. The molecule has 1 aromatic carbocycles. The summed E-state index contributed by atoms with van der Waals surface area (Å²) in [6.45, 7) is 1.24. The Hall–Kier alpha value is -2.74.